The molecule has 0 fully saturated rings. The number of phenols is 2. The highest BCUT2D eigenvalue weighted by molar-refractivity contribution is 5.52. The number of hydrogen-bond donors (Lipinski definition) is 3. The van der Waals surface area contributed by atoms with Crippen LogP contribution >= 0.6 is 0 Å². The van der Waals surface area contributed by atoms with Crippen LogP contribution in [-0.2, 0) is 6.42 Å². The first-order valence-corrected chi connectivity index (χ1v) is 8.78. The van der Waals surface area contributed by atoms with Crippen LogP contribution in [-0.4, -0.2) is 21.9 Å². The lowest BCUT2D eigenvalue weighted by Gasteiger charge is -2.31. The average Bonchev–Trinajstić information content (AvgIpc) is 2.53. The molecule has 3 nitrogen and oxygen atoms in total. The lowest BCUT2D eigenvalue weighted by Crippen LogP contribution is -2.18. The summed E-state index contributed by atoms with van der Waals surface area (Å²) in [6.45, 7) is 5.65. The van der Waals surface area contributed by atoms with Gasteiger partial charge >= 0.3 is 0 Å². The Hall–Kier alpha value is -1.74. The number of aliphatic hydroxyl groups is 1. The molecule has 3 heteroatoms. The molecular formula is C21H30O3. The van der Waals surface area contributed by atoms with Crippen LogP contribution in [0.5, 0.6) is 11.5 Å². The van der Waals surface area contributed by atoms with Gasteiger partial charge in [-0.25, -0.2) is 0 Å². The minimum Gasteiger partial charge on any atom is -0.507 e. The molecule has 132 valence electrons. The third-order valence-corrected chi connectivity index (χ3v) is 4.91. The Bertz CT molecular complexity index is 666. The molecule has 1 aliphatic rings. The standard InChI is InChI=1S/C21H30O3/c1-4-5-6-7-15-11-19(23)21(20(24)12-15)18-10-16(13-22)8-9-17(18)14(2)3/h10-12,17-18,22-24H,2,4-9,13H2,1,3H3/i13D2. The minimum absolute atomic E-state index is 0.0174. The van der Waals surface area contributed by atoms with E-state index in [1.165, 1.54) is 0 Å². The van der Waals surface area contributed by atoms with Crippen LogP contribution in [0.1, 0.15) is 65.7 Å². The van der Waals surface area contributed by atoms with Gasteiger partial charge in [0.2, 0.25) is 0 Å². The Morgan fingerprint density at radius 1 is 1.29 bits per heavy atom. The number of aryl methyl sites for hydroxylation is 1. The van der Waals surface area contributed by atoms with Gasteiger partial charge in [-0.05, 0) is 61.8 Å². The normalized spacial score (nSPS) is 22.5. The second-order valence-electron chi connectivity index (χ2n) is 6.83. The van der Waals surface area contributed by atoms with Gasteiger partial charge in [-0.3, -0.25) is 0 Å². The first-order valence-electron chi connectivity index (χ1n) is 9.78. The Balaban J connectivity index is 2.43. The fraction of sp³-hybridized carbons (Fsp3) is 0.524. The molecule has 0 aliphatic heterocycles. The van der Waals surface area contributed by atoms with E-state index in [0.29, 0.717) is 18.4 Å². The van der Waals surface area contributed by atoms with E-state index in [0.717, 1.165) is 36.8 Å². The van der Waals surface area contributed by atoms with Gasteiger partial charge in [0, 0.05) is 11.5 Å². The molecule has 3 N–H and O–H groups in total. The highest BCUT2D eigenvalue weighted by atomic mass is 16.3. The second kappa shape index (κ2) is 8.39. The number of unbranched alkanes of at least 4 members (excludes halogenated alkanes) is 2. The first-order chi connectivity index (χ1) is 12.1. The molecule has 0 amide bonds. The summed E-state index contributed by atoms with van der Waals surface area (Å²) >= 11 is 0. The third kappa shape index (κ3) is 4.21. The molecule has 1 aromatic carbocycles. The summed E-state index contributed by atoms with van der Waals surface area (Å²) in [4.78, 5) is 0. The van der Waals surface area contributed by atoms with E-state index in [9.17, 15) is 15.3 Å². The van der Waals surface area contributed by atoms with Crippen LogP contribution in [0.25, 0.3) is 0 Å². The summed E-state index contributed by atoms with van der Waals surface area (Å²) in [5.41, 5.74) is 2.47. The number of aromatic hydroxyl groups is 2. The predicted molar refractivity (Wildman–Crippen MR) is 98.4 cm³/mol. The van der Waals surface area contributed by atoms with Crippen molar-refractivity contribution in [3.63, 3.8) is 0 Å². The molecule has 0 bridgehead atoms. The highest BCUT2D eigenvalue weighted by Gasteiger charge is 2.30. The van der Waals surface area contributed by atoms with Gasteiger partial charge in [0.25, 0.3) is 0 Å². The molecule has 1 aromatic rings. The van der Waals surface area contributed by atoms with Gasteiger partial charge in [-0.1, -0.05) is 38.0 Å². The highest BCUT2D eigenvalue weighted by Crippen LogP contribution is 2.46. The van der Waals surface area contributed by atoms with Gasteiger partial charge in [0.15, 0.2) is 0 Å². The van der Waals surface area contributed by atoms with Gasteiger partial charge in [-0.2, -0.15) is 0 Å². The van der Waals surface area contributed by atoms with Gasteiger partial charge in [-0.15, -0.1) is 0 Å². The number of hydrogen-bond acceptors (Lipinski definition) is 3. The molecule has 0 saturated carbocycles. The number of phenolic OH excluding ortho intramolecular Hbond substituents is 2. The summed E-state index contributed by atoms with van der Waals surface area (Å²) in [7, 11) is 0. The molecule has 0 saturated heterocycles. The van der Waals surface area contributed by atoms with E-state index in [-0.39, 0.29) is 23.0 Å². The Morgan fingerprint density at radius 3 is 2.50 bits per heavy atom. The monoisotopic (exact) mass is 332 g/mol. The SMILES string of the molecule is [2H]C([2H])(O)C1=CC(c2c(O)cc(CCCCC)cc2O)C(C(=C)C)CC1. The molecule has 0 heterocycles. The van der Waals surface area contributed by atoms with E-state index in [4.69, 9.17) is 2.74 Å². The van der Waals surface area contributed by atoms with E-state index in [1.54, 1.807) is 18.2 Å². The maximum absolute atomic E-state index is 10.6. The van der Waals surface area contributed by atoms with Gasteiger partial charge in [0.05, 0.1) is 9.30 Å². The fourth-order valence-electron chi connectivity index (χ4n) is 3.58. The summed E-state index contributed by atoms with van der Waals surface area (Å²) in [5, 5.41) is 30.9. The molecule has 0 radical (unpaired) electrons. The molecule has 2 unspecified atom stereocenters. The second-order valence-corrected chi connectivity index (χ2v) is 6.83. The van der Waals surface area contributed by atoms with E-state index < -0.39 is 12.5 Å². The summed E-state index contributed by atoms with van der Waals surface area (Å²) in [6, 6.07) is 3.38. The lowest BCUT2D eigenvalue weighted by atomic mass is 9.73. The van der Waals surface area contributed by atoms with E-state index in [1.807, 2.05) is 6.92 Å². The quantitative estimate of drug-likeness (QED) is 0.495. The Labute approximate surface area is 148 Å². The Kier molecular flexibility index (Phi) is 5.51. The van der Waals surface area contributed by atoms with Crippen molar-refractivity contribution in [2.75, 3.05) is 6.56 Å². The molecule has 0 spiro atoms. The van der Waals surface area contributed by atoms with Gasteiger partial charge in [0.1, 0.15) is 11.5 Å². The Morgan fingerprint density at radius 2 is 1.96 bits per heavy atom. The lowest BCUT2D eigenvalue weighted by molar-refractivity contribution is 0.314. The summed E-state index contributed by atoms with van der Waals surface area (Å²) < 4.78 is 15.2. The molecule has 0 aromatic heterocycles. The van der Waals surface area contributed by atoms with Gasteiger partial charge < -0.3 is 15.3 Å². The van der Waals surface area contributed by atoms with Crippen LogP contribution in [0.15, 0.2) is 35.9 Å². The van der Waals surface area contributed by atoms with E-state index in [2.05, 4.69) is 13.5 Å². The van der Waals surface area contributed by atoms with Crippen molar-refractivity contribution >= 4 is 0 Å². The minimum atomic E-state index is -2.40. The van der Waals surface area contributed by atoms with Crippen molar-refractivity contribution in [3.05, 3.63) is 47.1 Å². The first kappa shape index (κ1) is 15.8. The zero-order valence-corrected chi connectivity index (χ0v) is 14.7. The topological polar surface area (TPSA) is 60.7 Å². The number of allylic oxidation sites excluding steroid dienone is 2. The predicted octanol–water partition coefficient (Wildman–Crippen LogP) is 4.82. The molecular weight excluding hydrogens is 300 g/mol. The van der Waals surface area contributed by atoms with Crippen LogP contribution in [0.4, 0.5) is 0 Å². The van der Waals surface area contributed by atoms with Crippen LogP contribution in [0, 0.1) is 5.92 Å². The van der Waals surface area contributed by atoms with Crippen molar-refractivity contribution in [3.8, 4) is 11.5 Å². The van der Waals surface area contributed by atoms with E-state index >= 15 is 0 Å². The maximum atomic E-state index is 10.6. The molecule has 2 rings (SSSR count). The smallest absolute Gasteiger partial charge is 0.123 e. The van der Waals surface area contributed by atoms with Crippen molar-refractivity contribution in [2.45, 2.75) is 58.3 Å². The summed E-state index contributed by atoms with van der Waals surface area (Å²) in [6.07, 6.45) is 6.69. The maximum Gasteiger partial charge on any atom is 0.123 e. The largest absolute Gasteiger partial charge is 0.507 e. The van der Waals surface area contributed by atoms with Crippen molar-refractivity contribution in [2.24, 2.45) is 5.92 Å². The van der Waals surface area contributed by atoms with Crippen molar-refractivity contribution in [1.29, 1.82) is 0 Å². The van der Waals surface area contributed by atoms with Crippen LogP contribution in [0.2, 0.25) is 0 Å². The van der Waals surface area contributed by atoms with Crippen LogP contribution in [0.3, 0.4) is 0 Å². The number of benzene rings is 1. The van der Waals surface area contributed by atoms with Crippen LogP contribution < -0.4 is 0 Å². The molecule has 2 atom stereocenters. The van der Waals surface area contributed by atoms with Crippen molar-refractivity contribution in [1.82, 2.24) is 0 Å². The zero-order chi connectivity index (χ0) is 19.5. The zero-order valence-electron chi connectivity index (χ0n) is 16.7. The average molecular weight is 332 g/mol. The summed E-state index contributed by atoms with van der Waals surface area (Å²) in [5.74, 6) is -0.403. The third-order valence-electron chi connectivity index (χ3n) is 4.91. The fourth-order valence-corrected chi connectivity index (χ4v) is 3.58. The number of rotatable bonds is 7. The molecule has 1 aliphatic carbocycles. The van der Waals surface area contributed by atoms with Crippen molar-refractivity contribution < 1.29 is 18.1 Å². The molecule has 24 heavy (non-hydrogen) atoms.